The summed E-state index contributed by atoms with van der Waals surface area (Å²) >= 11 is 0. The van der Waals surface area contributed by atoms with Gasteiger partial charge in [0.1, 0.15) is 0 Å². The van der Waals surface area contributed by atoms with Crippen molar-refractivity contribution in [3.8, 4) is 0 Å². The van der Waals surface area contributed by atoms with Crippen molar-refractivity contribution in [2.24, 2.45) is 0 Å². The van der Waals surface area contributed by atoms with Crippen molar-refractivity contribution in [3.63, 3.8) is 0 Å². The highest BCUT2D eigenvalue weighted by atomic mass is 16.3. The van der Waals surface area contributed by atoms with E-state index >= 15 is 0 Å². The number of hydrogen-bond acceptors (Lipinski definition) is 1. The zero-order chi connectivity index (χ0) is 4.99. The lowest BCUT2D eigenvalue weighted by atomic mass is 10.4. The number of aliphatic hydroxyl groups excluding tert-OH is 1. The largest absolute Gasteiger partial charge is 0.513 e. The van der Waals surface area contributed by atoms with E-state index in [9.17, 15) is 0 Å². The Balaban J connectivity index is 0. The summed E-state index contributed by atoms with van der Waals surface area (Å²) in [6.45, 7) is 3.66. The topological polar surface area (TPSA) is 51.7 Å². The van der Waals surface area contributed by atoms with Crippen molar-refractivity contribution in [2.75, 3.05) is 0 Å². The highest BCUT2D eigenvalue weighted by Gasteiger charge is 1.70. The highest BCUT2D eigenvalue weighted by molar-refractivity contribution is 4.83. The van der Waals surface area contributed by atoms with Crippen LogP contribution >= 0.6 is 0 Å². The van der Waals surface area contributed by atoms with Crippen molar-refractivity contribution < 1.29 is 10.6 Å². The van der Waals surface area contributed by atoms with E-state index in [0.29, 0.717) is 5.76 Å². The van der Waals surface area contributed by atoms with Gasteiger partial charge in [-0.05, 0) is 19.4 Å². The Kier molecular flexibility index (Phi) is 7.63. The lowest BCUT2D eigenvalue weighted by Gasteiger charge is -1.80. The molecule has 44 valence electrons. The molecular weight excluding hydrogens is 92.1 g/mol. The molecule has 0 aromatic rings. The van der Waals surface area contributed by atoms with E-state index in [1.54, 1.807) is 13.0 Å². The van der Waals surface area contributed by atoms with Gasteiger partial charge in [0, 0.05) is 0 Å². The Bertz CT molecular complexity index is 53.1. The molecule has 0 bridgehead atoms. The van der Waals surface area contributed by atoms with Gasteiger partial charge in [-0.1, -0.05) is 6.92 Å². The summed E-state index contributed by atoms with van der Waals surface area (Å²) in [4.78, 5) is 0. The van der Waals surface area contributed by atoms with Crippen molar-refractivity contribution in [1.82, 2.24) is 0 Å². The lowest BCUT2D eigenvalue weighted by Crippen LogP contribution is -1.64. The van der Waals surface area contributed by atoms with Gasteiger partial charge in [-0.2, -0.15) is 0 Å². The average molecular weight is 104 g/mol. The van der Waals surface area contributed by atoms with Crippen LogP contribution in [-0.2, 0) is 0 Å². The maximum atomic E-state index is 8.41. The molecule has 0 radical (unpaired) electrons. The molecule has 2 heteroatoms. The number of rotatable bonds is 1. The van der Waals surface area contributed by atoms with Crippen LogP contribution in [0.15, 0.2) is 11.8 Å². The summed E-state index contributed by atoms with van der Waals surface area (Å²) in [5.74, 6) is 0.414. The van der Waals surface area contributed by atoms with Gasteiger partial charge in [0.05, 0.1) is 5.76 Å². The van der Waals surface area contributed by atoms with Crippen molar-refractivity contribution in [2.45, 2.75) is 20.3 Å². The van der Waals surface area contributed by atoms with E-state index in [2.05, 4.69) is 0 Å². The molecule has 0 heterocycles. The number of aliphatic hydroxyl groups is 1. The zero-order valence-corrected chi connectivity index (χ0v) is 4.73. The predicted molar refractivity (Wildman–Crippen MR) is 30.3 cm³/mol. The SMILES string of the molecule is CCC=C(C)O.O. The molecule has 2 nitrogen and oxygen atoms in total. The third kappa shape index (κ3) is 10.8. The monoisotopic (exact) mass is 104 g/mol. The summed E-state index contributed by atoms with van der Waals surface area (Å²) in [5, 5.41) is 8.41. The van der Waals surface area contributed by atoms with Crippen LogP contribution in [0.1, 0.15) is 20.3 Å². The summed E-state index contributed by atoms with van der Waals surface area (Å²) in [7, 11) is 0. The zero-order valence-electron chi connectivity index (χ0n) is 4.73. The summed E-state index contributed by atoms with van der Waals surface area (Å²) < 4.78 is 0. The molecule has 3 N–H and O–H groups in total. The molecule has 7 heavy (non-hydrogen) atoms. The van der Waals surface area contributed by atoms with Gasteiger partial charge in [0.2, 0.25) is 0 Å². The molecule has 0 unspecified atom stereocenters. The first-order valence-electron chi connectivity index (χ1n) is 2.13. The van der Waals surface area contributed by atoms with Gasteiger partial charge in [0.15, 0.2) is 0 Å². The fourth-order valence-corrected chi connectivity index (χ4v) is 0.295. The standard InChI is InChI=1S/C5H10O.H2O/c1-3-4-5(2)6;/h4,6H,3H2,1-2H3;1H2. The number of hydrogen-bond donors (Lipinski definition) is 1. The van der Waals surface area contributed by atoms with Crippen LogP contribution in [-0.4, -0.2) is 10.6 Å². The average Bonchev–Trinajstić information content (AvgIpc) is 1.35. The predicted octanol–water partition coefficient (Wildman–Crippen LogP) is 1.03. The molecular formula is C5H12O2. The molecule has 0 fully saturated rings. The van der Waals surface area contributed by atoms with Crippen LogP contribution in [0, 0.1) is 0 Å². The van der Waals surface area contributed by atoms with Crippen molar-refractivity contribution in [1.29, 1.82) is 0 Å². The maximum Gasteiger partial charge on any atom is 0.0851 e. The van der Waals surface area contributed by atoms with Crippen LogP contribution in [0.2, 0.25) is 0 Å². The van der Waals surface area contributed by atoms with E-state index in [1.165, 1.54) is 0 Å². The molecule has 0 aliphatic heterocycles. The van der Waals surface area contributed by atoms with Crippen LogP contribution in [0.25, 0.3) is 0 Å². The molecule has 0 aromatic heterocycles. The van der Waals surface area contributed by atoms with Crippen LogP contribution < -0.4 is 0 Å². The third-order valence-electron chi connectivity index (χ3n) is 0.500. The molecule has 0 aromatic carbocycles. The fraction of sp³-hybridized carbons (Fsp3) is 0.600. The first-order chi connectivity index (χ1) is 2.77. The van der Waals surface area contributed by atoms with Gasteiger partial charge in [-0.3, -0.25) is 0 Å². The molecule has 0 atom stereocenters. The second-order valence-electron chi connectivity index (χ2n) is 1.25. The molecule has 0 aliphatic carbocycles. The quantitative estimate of drug-likeness (QED) is 0.496. The van der Waals surface area contributed by atoms with Crippen molar-refractivity contribution in [3.05, 3.63) is 11.8 Å². The minimum atomic E-state index is 0. The first kappa shape index (κ1) is 9.71. The minimum absolute atomic E-state index is 0. The Morgan fingerprint density at radius 1 is 1.71 bits per heavy atom. The van der Waals surface area contributed by atoms with Crippen LogP contribution in [0.4, 0.5) is 0 Å². The normalized spacial score (nSPS) is 10.3. The summed E-state index contributed by atoms with van der Waals surface area (Å²) in [5.41, 5.74) is 0. The first-order valence-corrected chi connectivity index (χ1v) is 2.13. The van der Waals surface area contributed by atoms with Crippen molar-refractivity contribution >= 4 is 0 Å². The van der Waals surface area contributed by atoms with Gasteiger partial charge in [-0.25, -0.2) is 0 Å². The Labute approximate surface area is 43.8 Å². The molecule has 0 saturated heterocycles. The Hall–Kier alpha value is -0.500. The highest BCUT2D eigenvalue weighted by Crippen LogP contribution is 1.85. The van der Waals surface area contributed by atoms with Gasteiger partial charge >= 0.3 is 0 Å². The Morgan fingerprint density at radius 3 is 2.14 bits per heavy atom. The van der Waals surface area contributed by atoms with Crippen LogP contribution in [0.3, 0.4) is 0 Å². The Morgan fingerprint density at radius 2 is 2.14 bits per heavy atom. The van der Waals surface area contributed by atoms with Gasteiger partial charge in [-0.15, -0.1) is 0 Å². The van der Waals surface area contributed by atoms with E-state index in [0.717, 1.165) is 6.42 Å². The smallest absolute Gasteiger partial charge is 0.0851 e. The van der Waals surface area contributed by atoms with E-state index in [1.807, 2.05) is 6.92 Å². The molecule has 0 spiro atoms. The molecule has 0 aliphatic rings. The molecule has 0 saturated carbocycles. The minimum Gasteiger partial charge on any atom is -0.513 e. The molecule has 0 amide bonds. The fourth-order valence-electron chi connectivity index (χ4n) is 0.295. The van der Waals surface area contributed by atoms with E-state index in [4.69, 9.17) is 5.11 Å². The lowest BCUT2D eigenvalue weighted by molar-refractivity contribution is 0.412. The summed E-state index contributed by atoms with van der Waals surface area (Å²) in [6, 6.07) is 0. The molecule has 0 rings (SSSR count). The maximum absolute atomic E-state index is 8.41. The van der Waals surface area contributed by atoms with E-state index < -0.39 is 0 Å². The van der Waals surface area contributed by atoms with Gasteiger partial charge < -0.3 is 10.6 Å². The second-order valence-corrected chi connectivity index (χ2v) is 1.25. The second kappa shape index (κ2) is 5.50. The van der Waals surface area contributed by atoms with E-state index in [-0.39, 0.29) is 5.48 Å². The van der Waals surface area contributed by atoms with Crippen LogP contribution in [0.5, 0.6) is 0 Å². The summed E-state index contributed by atoms with van der Waals surface area (Å²) in [6.07, 6.45) is 2.68. The third-order valence-corrected chi connectivity index (χ3v) is 0.500. The number of allylic oxidation sites excluding steroid dienone is 2. The van der Waals surface area contributed by atoms with Gasteiger partial charge in [0.25, 0.3) is 0 Å².